The minimum atomic E-state index is -0.842. The van der Waals surface area contributed by atoms with Gasteiger partial charge in [0.2, 0.25) is 0 Å². The van der Waals surface area contributed by atoms with Gasteiger partial charge in [-0.15, -0.1) is 0 Å². The molecule has 3 aromatic rings. The van der Waals surface area contributed by atoms with Gasteiger partial charge in [0.1, 0.15) is 0 Å². The molecule has 3 nitrogen and oxygen atoms in total. The normalized spacial score (nSPS) is 11.2. The van der Waals surface area contributed by atoms with Crippen LogP contribution in [0.5, 0.6) is 0 Å². The van der Waals surface area contributed by atoms with Crippen LogP contribution in [-0.4, -0.2) is 25.6 Å². The molecule has 0 aliphatic heterocycles. The summed E-state index contributed by atoms with van der Waals surface area (Å²) >= 11 is -0.131. The maximum absolute atomic E-state index is 10.8. The van der Waals surface area contributed by atoms with Gasteiger partial charge in [0, 0.05) is 0 Å². The van der Waals surface area contributed by atoms with Gasteiger partial charge in [-0.2, -0.15) is 0 Å². The summed E-state index contributed by atoms with van der Waals surface area (Å²) in [4.78, 5) is 10.8. The second-order valence-electron chi connectivity index (χ2n) is 3.21. The Morgan fingerprint density at radius 1 is 1.27 bits per heavy atom. The van der Waals surface area contributed by atoms with Crippen LogP contribution >= 0.6 is 0 Å². The van der Waals surface area contributed by atoms with Gasteiger partial charge in [0.15, 0.2) is 0 Å². The van der Waals surface area contributed by atoms with E-state index in [0.717, 1.165) is 15.2 Å². The third kappa shape index (κ3) is 1.23. The van der Waals surface area contributed by atoms with Gasteiger partial charge < -0.3 is 0 Å². The molecule has 2 heterocycles. The van der Waals surface area contributed by atoms with Crippen molar-refractivity contribution in [3.8, 4) is 0 Å². The maximum atomic E-state index is 10.8. The number of aromatic carboxylic acids is 1. The first-order valence-corrected chi connectivity index (χ1v) is 6.11. The predicted molar refractivity (Wildman–Crippen MR) is 57.6 cm³/mol. The molecule has 0 spiro atoms. The molecular formula is C11H6O3Se. The van der Waals surface area contributed by atoms with Crippen molar-refractivity contribution in [1.29, 1.82) is 0 Å². The van der Waals surface area contributed by atoms with Gasteiger partial charge in [-0.1, -0.05) is 0 Å². The SMILES string of the molecule is O=C(O)c1cc2oc3ccccc3c2[se]1. The van der Waals surface area contributed by atoms with Gasteiger partial charge in [-0.05, 0) is 0 Å². The van der Waals surface area contributed by atoms with Crippen molar-refractivity contribution >= 4 is 41.3 Å². The number of rotatable bonds is 1. The Kier molecular flexibility index (Phi) is 1.75. The van der Waals surface area contributed by atoms with Crippen LogP contribution in [-0.2, 0) is 0 Å². The molecule has 4 heteroatoms. The molecule has 0 aliphatic carbocycles. The monoisotopic (exact) mass is 266 g/mol. The third-order valence-corrected chi connectivity index (χ3v) is 4.65. The number of fused-ring (bicyclic) bond motifs is 3. The fourth-order valence-electron chi connectivity index (χ4n) is 1.60. The zero-order chi connectivity index (χ0) is 10.4. The van der Waals surface area contributed by atoms with Crippen molar-refractivity contribution < 1.29 is 14.3 Å². The zero-order valence-electron chi connectivity index (χ0n) is 7.56. The zero-order valence-corrected chi connectivity index (χ0v) is 9.27. The summed E-state index contributed by atoms with van der Waals surface area (Å²) in [6.07, 6.45) is 0. The Morgan fingerprint density at radius 2 is 2.07 bits per heavy atom. The van der Waals surface area contributed by atoms with Crippen molar-refractivity contribution in [3.05, 3.63) is 34.8 Å². The number of furan rings is 1. The van der Waals surface area contributed by atoms with Gasteiger partial charge in [-0.25, -0.2) is 0 Å². The number of carboxylic acid groups (broad SMARTS) is 1. The summed E-state index contributed by atoms with van der Waals surface area (Å²) in [6.45, 7) is 0. The molecular weight excluding hydrogens is 259 g/mol. The Labute approximate surface area is 90.7 Å². The fraction of sp³-hybridized carbons (Fsp3) is 0. The summed E-state index contributed by atoms with van der Waals surface area (Å²) in [5.74, 6) is -0.842. The van der Waals surface area contributed by atoms with E-state index in [1.807, 2.05) is 24.3 Å². The van der Waals surface area contributed by atoms with Crippen LogP contribution in [0.2, 0.25) is 0 Å². The first-order chi connectivity index (χ1) is 7.25. The van der Waals surface area contributed by atoms with Crippen LogP contribution in [0.1, 0.15) is 9.23 Å². The van der Waals surface area contributed by atoms with Gasteiger partial charge in [0.05, 0.1) is 0 Å². The molecule has 0 fully saturated rings. The van der Waals surface area contributed by atoms with Crippen LogP contribution in [0.25, 0.3) is 20.8 Å². The first-order valence-electron chi connectivity index (χ1n) is 4.40. The van der Waals surface area contributed by atoms with Gasteiger partial charge in [0.25, 0.3) is 0 Å². The van der Waals surface area contributed by atoms with E-state index in [1.165, 1.54) is 0 Å². The average Bonchev–Trinajstić information content (AvgIpc) is 2.73. The molecule has 0 radical (unpaired) electrons. The summed E-state index contributed by atoms with van der Waals surface area (Å²) in [7, 11) is 0. The van der Waals surface area contributed by atoms with Crippen molar-refractivity contribution in [2.75, 3.05) is 0 Å². The molecule has 74 valence electrons. The third-order valence-electron chi connectivity index (χ3n) is 2.26. The number of carboxylic acids is 1. The molecule has 0 aliphatic rings. The number of benzene rings is 1. The van der Waals surface area contributed by atoms with Crippen molar-refractivity contribution in [3.63, 3.8) is 0 Å². The molecule has 0 saturated carbocycles. The molecule has 0 atom stereocenters. The Balaban J connectivity index is 2.42. The number of hydrogen-bond donors (Lipinski definition) is 1. The topological polar surface area (TPSA) is 50.4 Å². The number of hydrogen-bond acceptors (Lipinski definition) is 2. The van der Waals surface area contributed by atoms with E-state index in [1.54, 1.807) is 6.07 Å². The Morgan fingerprint density at radius 3 is 2.87 bits per heavy atom. The van der Waals surface area contributed by atoms with E-state index in [9.17, 15) is 4.79 Å². The summed E-state index contributed by atoms with van der Waals surface area (Å²) in [5.41, 5.74) is 1.55. The van der Waals surface area contributed by atoms with E-state index < -0.39 is 5.97 Å². The summed E-state index contributed by atoms with van der Waals surface area (Å²) in [5, 5.41) is 9.92. The van der Waals surface area contributed by atoms with E-state index in [-0.39, 0.29) is 14.5 Å². The van der Waals surface area contributed by atoms with E-state index in [0.29, 0.717) is 10.0 Å². The van der Waals surface area contributed by atoms with E-state index in [4.69, 9.17) is 9.52 Å². The Bertz CT molecular complexity index is 663. The minimum absolute atomic E-state index is 0.131. The molecule has 1 aromatic carbocycles. The van der Waals surface area contributed by atoms with E-state index >= 15 is 0 Å². The Hall–Kier alpha value is -1.51. The quantitative estimate of drug-likeness (QED) is 0.687. The first kappa shape index (κ1) is 8.77. The second-order valence-corrected chi connectivity index (χ2v) is 5.41. The van der Waals surface area contributed by atoms with Crippen molar-refractivity contribution in [2.24, 2.45) is 0 Å². The van der Waals surface area contributed by atoms with Gasteiger partial charge >= 0.3 is 90.4 Å². The van der Waals surface area contributed by atoms with Crippen LogP contribution in [0, 0.1) is 0 Å². The second kappa shape index (κ2) is 2.99. The molecule has 0 amide bonds. The van der Waals surface area contributed by atoms with E-state index in [2.05, 4.69) is 0 Å². The molecule has 15 heavy (non-hydrogen) atoms. The van der Waals surface area contributed by atoms with Crippen LogP contribution < -0.4 is 0 Å². The van der Waals surface area contributed by atoms with Crippen LogP contribution in [0.3, 0.4) is 0 Å². The number of para-hydroxylation sites is 1. The molecule has 0 saturated heterocycles. The number of carbonyl (C=O) groups is 1. The predicted octanol–water partition coefficient (Wildman–Crippen LogP) is 2.34. The molecule has 0 bridgehead atoms. The van der Waals surface area contributed by atoms with Gasteiger partial charge in [-0.3, -0.25) is 0 Å². The molecule has 2 aromatic heterocycles. The molecule has 3 rings (SSSR count). The molecule has 0 unspecified atom stereocenters. The average molecular weight is 265 g/mol. The van der Waals surface area contributed by atoms with Crippen LogP contribution in [0.4, 0.5) is 0 Å². The fourth-order valence-corrected chi connectivity index (χ4v) is 3.60. The van der Waals surface area contributed by atoms with Crippen LogP contribution in [0.15, 0.2) is 34.7 Å². The summed E-state index contributed by atoms with van der Waals surface area (Å²) < 4.78 is 7.08. The summed E-state index contributed by atoms with van der Waals surface area (Å²) in [6, 6.07) is 9.36. The molecule has 1 N–H and O–H groups in total. The van der Waals surface area contributed by atoms with Crippen molar-refractivity contribution in [1.82, 2.24) is 0 Å². The standard InChI is InChI=1S/C11H6O3Se/c12-11(13)9-5-8-10(15-9)6-3-1-2-4-7(6)14-8/h1-5H,(H,12,13). The van der Waals surface area contributed by atoms with Crippen molar-refractivity contribution in [2.45, 2.75) is 0 Å².